The smallest absolute Gasteiger partial charge is 0.263 e. The number of sulfonamides is 1. The predicted octanol–water partition coefficient (Wildman–Crippen LogP) is 2.39. The van der Waals surface area contributed by atoms with Crippen LogP contribution in [0, 0.1) is 0 Å². The maximum atomic E-state index is 12.4. The fraction of sp³-hybridized carbons (Fsp3) is 0.263. The van der Waals surface area contributed by atoms with Gasteiger partial charge in [0.2, 0.25) is 10.0 Å². The van der Waals surface area contributed by atoms with Gasteiger partial charge < -0.3 is 4.74 Å². The number of rotatable bonds is 8. The first-order chi connectivity index (χ1) is 12.8. The Morgan fingerprint density at radius 1 is 1.19 bits per heavy atom. The summed E-state index contributed by atoms with van der Waals surface area (Å²) in [6.07, 6.45) is 2.54. The third kappa shape index (κ3) is 5.82. The summed E-state index contributed by atoms with van der Waals surface area (Å²) < 4.78 is 30.7. The van der Waals surface area contributed by atoms with Crippen molar-refractivity contribution in [3.8, 4) is 5.75 Å². The van der Waals surface area contributed by atoms with Crippen LogP contribution in [-0.4, -0.2) is 39.4 Å². The lowest BCUT2D eigenvalue weighted by atomic mass is 10.2. The number of amides is 1. The molecular formula is C19H23N3O4S. The van der Waals surface area contributed by atoms with E-state index in [1.165, 1.54) is 13.1 Å². The van der Waals surface area contributed by atoms with Crippen LogP contribution in [0.3, 0.4) is 0 Å². The summed E-state index contributed by atoms with van der Waals surface area (Å²) >= 11 is 0. The lowest BCUT2D eigenvalue weighted by molar-refractivity contribution is -0.121. The molecule has 144 valence electrons. The molecule has 1 atom stereocenters. The number of hydrogen-bond acceptors (Lipinski definition) is 5. The first-order valence-electron chi connectivity index (χ1n) is 8.43. The zero-order valence-corrected chi connectivity index (χ0v) is 16.3. The second-order valence-electron chi connectivity index (χ2n) is 5.81. The summed E-state index contributed by atoms with van der Waals surface area (Å²) in [5, 5.41) is 3.91. The molecular weight excluding hydrogens is 366 g/mol. The molecule has 0 spiro atoms. The van der Waals surface area contributed by atoms with Crippen molar-refractivity contribution in [2.75, 3.05) is 17.2 Å². The molecule has 2 rings (SSSR count). The Hall–Kier alpha value is -2.87. The number of nitrogens with zero attached hydrogens (tertiary/aromatic N) is 2. The maximum absolute atomic E-state index is 12.4. The molecule has 0 bridgehead atoms. The van der Waals surface area contributed by atoms with E-state index in [1.807, 2.05) is 6.92 Å². The van der Waals surface area contributed by atoms with Crippen molar-refractivity contribution < 1.29 is 17.9 Å². The lowest BCUT2D eigenvalue weighted by Crippen LogP contribution is -2.46. The Labute approximate surface area is 159 Å². The van der Waals surface area contributed by atoms with Gasteiger partial charge in [0.1, 0.15) is 11.8 Å². The van der Waals surface area contributed by atoms with Gasteiger partial charge in [0, 0.05) is 0 Å². The average molecular weight is 389 g/mol. The van der Waals surface area contributed by atoms with E-state index >= 15 is 0 Å². The van der Waals surface area contributed by atoms with Crippen molar-refractivity contribution >= 4 is 27.8 Å². The van der Waals surface area contributed by atoms with E-state index in [2.05, 4.69) is 10.5 Å². The molecule has 8 heteroatoms. The Morgan fingerprint density at radius 2 is 1.81 bits per heavy atom. The van der Waals surface area contributed by atoms with Gasteiger partial charge in [-0.2, -0.15) is 5.10 Å². The second kappa shape index (κ2) is 9.18. The van der Waals surface area contributed by atoms with E-state index in [4.69, 9.17) is 4.74 Å². The van der Waals surface area contributed by atoms with Crippen molar-refractivity contribution in [1.82, 2.24) is 5.43 Å². The average Bonchev–Trinajstić information content (AvgIpc) is 2.63. The van der Waals surface area contributed by atoms with Crippen LogP contribution in [0.4, 0.5) is 5.69 Å². The number of carbonyl (C=O) groups excluding carboxylic acids is 1. The summed E-state index contributed by atoms with van der Waals surface area (Å²) in [6.45, 7) is 4.00. The molecule has 1 N–H and O–H groups in total. The Bertz CT molecular complexity index is 881. The Balaban J connectivity index is 2.07. The summed E-state index contributed by atoms with van der Waals surface area (Å²) in [6, 6.07) is 14.7. The fourth-order valence-corrected chi connectivity index (χ4v) is 3.64. The van der Waals surface area contributed by atoms with Gasteiger partial charge in [-0.05, 0) is 55.8 Å². The zero-order chi connectivity index (χ0) is 19.9. The highest BCUT2D eigenvalue weighted by atomic mass is 32.2. The van der Waals surface area contributed by atoms with Crippen molar-refractivity contribution in [1.29, 1.82) is 0 Å². The molecule has 0 saturated heterocycles. The number of hydrazone groups is 1. The molecule has 2 aromatic rings. The molecule has 0 aliphatic carbocycles. The van der Waals surface area contributed by atoms with Crippen LogP contribution >= 0.6 is 0 Å². The first kappa shape index (κ1) is 20.4. The van der Waals surface area contributed by atoms with Crippen LogP contribution in [0.25, 0.3) is 0 Å². The van der Waals surface area contributed by atoms with E-state index in [9.17, 15) is 13.2 Å². The summed E-state index contributed by atoms with van der Waals surface area (Å²) in [5.74, 6) is 0.213. The van der Waals surface area contributed by atoms with Crippen LogP contribution in [0.5, 0.6) is 5.75 Å². The quantitative estimate of drug-likeness (QED) is 0.555. The molecule has 1 amide bonds. The van der Waals surface area contributed by atoms with Crippen LogP contribution in [0.15, 0.2) is 59.7 Å². The Kier molecular flexibility index (Phi) is 6.95. The largest absolute Gasteiger partial charge is 0.494 e. The molecule has 0 heterocycles. The SMILES string of the molecule is CCOc1ccc(/C=N\NC(=O)[C@H](C)N(c2ccccc2)S(C)(=O)=O)cc1. The van der Waals surface area contributed by atoms with E-state index < -0.39 is 22.0 Å². The van der Waals surface area contributed by atoms with Gasteiger partial charge >= 0.3 is 0 Å². The third-order valence-corrected chi connectivity index (χ3v) is 4.92. The molecule has 0 saturated carbocycles. The molecule has 7 nitrogen and oxygen atoms in total. The van der Waals surface area contributed by atoms with E-state index in [1.54, 1.807) is 54.6 Å². The molecule has 0 fully saturated rings. The van der Waals surface area contributed by atoms with Crippen LogP contribution in [0.2, 0.25) is 0 Å². The molecule has 0 aliphatic rings. The predicted molar refractivity (Wildman–Crippen MR) is 107 cm³/mol. The number of para-hydroxylation sites is 1. The minimum atomic E-state index is -3.64. The Morgan fingerprint density at radius 3 is 2.37 bits per heavy atom. The van der Waals surface area contributed by atoms with Gasteiger partial charge in [0.25, 0.3) is 5.91 Å². The highest BCUT2D eigenvalue weighted by Crippen LogP contribution is 2.20. The minimum absolute atomic E-state index is 0.415. The molecule has 0 aromatic heterocycles. The highest BCUT2D eigenvalue weighted by Gasteiger charge is 2.28. The molecule has 0 aliphatic heterocycles. The zero-order valence-electron chi connectivity index (χ0n) is 15.5. The van der Waals surface area contributed by atoms with E-state index in [-0.39, 0.29) is 0 Å². The summed E-state index contributed by atoms with van der Waals surface area (Å²) in [5.41, 5.74) is 3.57. The molecule has 0 radical (unpaired) electrons. The highest BCUT2D eigenvalue weighted by molar-refractivity contribution is 7.92. The van der Waals surface area contributed by atoms with Crippen molar-refractivity contribution in [3.05, 3.63) is 60.2 Å². The summed E-state index contributed by atoms with van der Waals surface area (Å²) in [7, 11) is -3.64. The van der Waals surface area contributed by atoms with E-state index in [0.717, 1.165) is 21.9 Å². The van der Waals surface area contributed by atoms with Crippen molar-refractivity contribution in [2.24, 2.45) is 5.10 Å². The summed E-state index contributed by atoms with van der Waals surface area (Å²) in [4.78, 5) is 12.4. The molecule has 0 unspecified atom stereocenters. The number of benzene rings is 2. The third-order valence-electron chi connectivity index (χ3n) is 3.68. The van der Waals surface area contributed by atoms with Crippen LogP contribution < -0.4 is 14.5 Å². The van der Waals surface area contributed by atoms with Gasteiger partial charge in [-0.25, -0.2) is 13.8 Å². The minimum Gasteiger partial charge on any atom is -0.494 e. The maximum Gasteiger partial charge on any atom is 0.263 e. The number of carbonyl (C=O) groups is 1. The first-order valence-corrected chi connectivity index (χ1v) is 10.3. The van der Waals surface area contributed by atoms with Gasteiger partial charge in [0.05, 0.1) is 24.8 Å². The lowest BCUT2D eigenvalue weighted by Gasteiger charge is -2.27. The normalized spacial score (nSPS) is 12.6. The number of anilines is 1. The number of hydrogen-bond donors (Lipinski definition) is 1. The van der Waals surface area contributed by atoms with Gasteiger partial charge in [-0.1, -0.05) is 18.2 Å². The van der Waals surface area contributed by atoms with E-state index in [0.29, 0.717) is 12.3 Å². The molecule has 2 aromatic carbocycles. The standard InChI is InChI=1S/C19H23N3O4S/c1-4-26-18-12-10-16(11-13-18)14-20-21-19(23)15(2)22(27(3,24)25)17-8-6-5-7-9-17/h5-15H,4H2,1-3H3,(H,21,23)/b20-14-/t15-/m0/s1. The fourth-order valence-electron chi connectivity index (χ4n) is 2.46. The topological polar surface area (TPSA) is 88.1 Å². The van der Waals surface area contributed by atoms with Crippen molar-refractivity contribution in [2.45, 2.75) is 19.9 Å². The van der Waals surface area contributed by atoms with Crippen LogP contribution in [0.1, 0.15) is 19.4 Å². The monoisotopic (exact) mass is 389 g/mol. The van der Waals surface area contributed by atoms with Gasteiger partial charge in [-0.3, -0.25) is 9.10 Å². The van der Waals surface area contributed by atoms with Crippen LogP contribution in [-0.2, 0) is 14.8 Å². The van der Waals surface area contributed by atoms with Crippen molar-refractivity contribution in [3.63, 3.8) is 0 Å². The molecule has 27 heavy (non-hydrogen) atoms. The number of ether oxygens (including phenoxy) is 1. The van der Waals surface area contributed by atoms with Gasteiger partial charge in [0.15, 0.2) is 0 Å². The number of nitrogens with one attached hydrogen (secondary N) is 1. The second-order valence-corrected chi connectivity index (χ2v) is 7.67. The van der Waals surface area contributed by atoms with Gasteiger partial charge in [-0.15, -0.1) is 0 Å².